The van der Waals surface area contributed by atoms with Gasteiger partial charge < -0.3 is 10.6 Å². The Labute approximate surface area is 105 Å². The van der Waals surface area contributed by atoms with Gasteiger partial charge in [0.05, 0.1) is 6.04 Å². The molecule has 2 fully saturated rings. The molecule has 1 heterocycles. The predicted octanol–water partition coefficient (Wildman–Crippen LogP) is 2.36. The summed E-state index contributed by atoms with van der Waals surface area (Å²) >= 11 is 1.69. The fourth-order valence-corrected chi connectivity index (χ4v) is 2.84. The van der Waals surface area contributed by atoms with Crippen molar-refractivity contribution in [2.75, 3.05) is 0 Å². The van der Waals surface area contributed by atoms with Crippen LogP contribution < -0.4 is 10.6 Å². The van der Waals surface area contributed by atoms with Gasteiger partial charge in [-0.25, -0.2) is 9.78 Å². The van der Waals surface area contributed by atoms with E-state index in [4.69, 9.17) is 0 Å². The first-order chi connectivity index (χ1) is 8.22. The molecule has 2 aliphatic rings. The standard InChI is InChI=1S/C12H17N3OS/c1-7-6-13-11(17-7)10(8-2-3-8)15-12(16)14-9-4-5-9/h6,8-10H,2-5H2,1H3,(H2,14,15,16). The highest BCUT2D eigenvalue weighted by molar-refractivity contribution is 7.11. The molecule has 4 nitrogen and oxygen atoms in total. The van der Waals surface area contributed by atoms with Crippen molar-refractivity contribution < 1.29 is 4.79 Å². The fraction of sp³-hybridized carbons (Fsp3) is 0.667. The number of nitrogens with one attached hydrogen (secondary N) is 2. The lowest BCUT2D eigenvalue weighted by Gasteiger charge is -2.16. The number of rotatable bonds is 4. The second kappa shape index (κ2) is 4.29. The molecule has 1 atom stereocenters. The summed E-state index contributed by atoms with van der Waals surface area (Å²) in [5, 5.41) is 7.10. The number of amides is 2. The van der Waals surface area contributed by atoms with Crippen LogP contribution in [0.2, 0.25) is 0 Å². The third kappa shape index (κ3) is 2.77. The molecule has 2 aliphatic carbocycles. The van der Waals surface area contributed by atoms with Gasteiger partial charge in [-0.15, -0.1) is 11.3 Å². The van der Waals surface area contributed by atoms with Crippen molar-refractivity contribution in [3.8, 4) is 0 Å². The molecule has 0 aliphatic heterocycles. The van der Waals surface area contributed by atoms with E-state index in [1.807, 2.05) is 6.20 Å². The maximum absolute atomic E-state index is 11.8. The number of hydrogen-bond donors (Lipinski definition) is 2. The zero-order chi connectivity index (χ0) is 11.8. The maximum atomic E-state index is 11.8. The molecule has 2 N–H and O–H groups in total. The number of aryl methyl sites for hydroxylation is 1. The van der Waals surface area contributed by atoms with Gasteiger partial charge in [0.2, 0.25) is 0 Å². The summed E-state index contributed by atoms with van der Waals surface area (Å²) in [6.07, 6.45) is 6.53. The van der Waals surface area contributed by atoms with E-state index < -0.39 is 0 Å². The van der Waals surface area contributed by atoms with Crippen LogP contribution in [0.1, 0.15) is 41.6 Å². The van der Waals surface area contributed by atoms with Gasteiger partial charge in [0.25, 0.3) is 0 Å². The SMILES string of the molecule is Cc1cnc(C(NC(=O)NC2CC2)C2CC2)s1. The average molecular weight is 251 g/mol. The van der Waals surface area contributed by atoms with Gasteiger partial charge in [0, 0.05) is 17.1 Å². The Kier molecular flexibility index (Phi) is 2.78. The average Bonchev–Trinajstić information content (AvgIpc) is 3.17. The summed E-state index contributed by atoms with van der Waals surface area (Å²) in [5.41, 5.74) is 0. The van der Waals surface area contributed by atoms with Gasteiger partial charge in [-0.2, -0.15) is 0 Å². The lowest BCUT2D eigenvalue weighted by Crippen LogP contribution is -2.39. The van der Waals surface area contributed by atoms with E-state index in [-0.39, 0.29) is 12.1 Å². The third-order valence-corrected chi connectivity index (χ3v) is 4.19. The van der Waals surface area contributed by atoms with E-state index >= 15 is 0 Å². The highest BCUT2D eigenvalue weighted by Gasteiger charge is 2.36. The molecule has 0 spiro atoms. The van der Waals surface area contributed by atoms with Crippen LogP contribution in [0.25, 0.3) is 0 Å². The van der Waals surface area contributed by atoms with E-state index in [9.17, 15) is 4.79 Å². The fourth-order valence-electron chi connectivity index (χ4n) is 1.92. The van der Waals surface area contributed by atoms with Gasteiger partial charge in [0.15, 0.2) is 0 Å². The summed E-state index contributed by atoms with van der Waals surface area (Å²) in [5.74, 6) is 0.588. The number of hydrogen-bond acceptors (Lipinski definition) is 3. The third-order valence-electron chi connectivity index (χ3n) is 3.20. The van der Waals surface area contributed by atoms with Crippen molar-refractivity contribution in [3.05, 3.63) is 16.1 Å². The van der Waals surface area contributed by atoms with Crippen molar-refractivity contribution in [3.63, 3.8) is 0 Å². The lowest BCUT2D eigenvalue weighted by molar-refractivity contribution is 0.235. The lowest BCUT2D eigenvalue weighted by atomic mass is 10.2. The normalized spacial score (nSPS) is 21.0. The minimum Gasteiger partial charge on any atom is -0.335 e. The Balaban J connectivity index is 1.65. The Morgan fingerprint density at radius 3 is 2.76 bits per heavy atom. The van der Waals surface area contributed by atoms with Crippen LogP contribution in [0.15, 0.2) is 6.20 Å². The van der Waals surface area contributed by atoms with E-state index in [1.165, 1.54) is 17.7 Å². The van der Waals surface area contributed by atoms with Crippen LogP contribution in [-0.4, -0.2) is 17.1 Å². The van der Waals surface area contributed by atoms with Gasteiger partial charge >= 0.3 is 6.03 Å². The van der Waals surface area contributed by atoms with Crippen LogP contribution in [0, 0.1) is 12.8 Å². The van der Waals surface area contributed by atoms with E-state index in [0.717, 1.165) is 17.8 Å². The van der Waals surface area contributed by atoms with Gasteiger partial charge in [0.1, 0.15) is 5.01 Å². The monoisotopic (exact) mass is 251 g/mol. The molecule has 0 aromatic carbocycles. The van der Waals surface area contributed by atoms with E-state index in [0.29, 0.717) is 12.0 Å². The summed E-state index contributed by atoms with van der Waals surface area (Å²) in [6, 6.07) is 0.498. The number of aromatic nitrogens is 1. The van der Waals surface area contributed by atoms with Crippen molar-refractivity contribution >= 4 is 17.4 Å². The number of carbonyl (C=O) groups is 1. The summed E-state index contributed by atoms with van der Waals surface area (Å²) in [7, 11) is 0. The maximum Gasteiger partial charge on any atom is 0.315 e. The zero-order valence-corrected chi connectivity index (χ0v) is 10.7. The molecule has 17 heavy (non-hydrogen) atoms. The zero-order valence-electron chi connectivity index (χ0n) is 9.90. The number of thiazole rings is 1. The molecular formula is C12H17N3OS. The molecule has 2 amide bonds. The number of carbonyl (C=O) groups excluding carboxylic acids is 1. The second-order valence-corrected chi connectivity index (χ2v) is 6.28. The summed E-state index contributed by atoms with van der Waals surface area (Å²) in [4.78, 5) is 17.4. The first-order valence-corrected chi connectivity index (χ1v) is 7.03. The molecule has 0 saturated heterocycles. The topological polar surface area (TPSA) is 54.0 Å². The summed E-state index contributed by atoms with van der Waals surface area (Å²) < 4.78 is 0. The quantitative estimate of drug-likeness (QED) is 0.863. The Morgan fingerprint density at radius 1 is 1.47 bits per heavy atom. The van der Waals surface area contributed by atoms with E-state index in [2.05, 4.69) is 22.5 Å². The van der Waals surface area contributed by atoms with Crippen LogP contribution in [0.3, 0.4) is 0 Å². The minimum absolute atomic E-state index is 0.0303. The molecule has 1 aromatic rings. The smallest absolute Gasteiger partial charge is 0.315 e. The second-order valence-electron chi connectivity index (χ2n) is 5.02. The van der Waals surface area contributed by atoms with Crippen molar-refractivity contribution in [2.45, 2.75) is 44.7 Å². The molecule has 2 saturated carbocycles. The van der Waals surface area contributed by atoms with Gasteiger partial charge in [-0.1, -0.05) is 0 Å². The predicted molar refractivity (Wildman–Crippen MR) is 67.0 cm³/mol. The Hall–Kier alpha value is -1.10. The number of nitrogens with zero attached hydrogens (tertiary/aromatic N) is 1. The minimum atomic E-state index is -0.0303. The van der Waals surface area contributed by atoms with Crippen LogP contribution in [0.4, 0.5) is 4.79 Å². The molecule has 1 aromatic heterocycles. The Bertz CT molecular complexity index is 423. The highest BCUT2D eigenvalue weighted by Crippen LogP contribution is 2.42. The number of urea groups is 1. The molecular weight excluding hydrogens is 234 g/mol. The first kappa shape index (κ1) is 11.0. The summed E-state index contributed by atoms with van der Waals surface area (Å²) in [6.45, 7) is 2.05. The van der Waals surface area contributed by atoms with Crippen molar-refractivity contribution in [2.24, 2.45) is 5.92 Å². The van der Waals surface area contributed by atoms with E-state index in [1.54, 1.807) is 11.3 Å². The van der Waals surface area contributed by atoms with Crippen LogP contribution >= 0.6 is 11.3 Å². The Morgan fingerprint density at radius 2 is 2.24 bits per heavy atom. The van der Waals surface area contributed by atoms with Gasteiger partial charge in [-0.3, -0.25) is 0 Å². The van der Waals surface area contributed by atoms with Crippen molar-refractivity contribution in [1.29, 1.82) is 0 Å². The molecule has 5 heteroatoms. The van der Waals surface area contributed by atoms with Crippen molar-refractivity contribution in [1.82, 2.24) is 15.6 Å². The first-order valence-electron chi connectivity index (χ1n) is 6.22. The van der Waals surface area contributed by atoms with Crippen LogP contribution in [0.5, 0.6) is 0 Å². The molecule has 1 unspecified atom stereocenters. The molecule has 3 rings (SSSR count). The molecule has 0 bridgehead atoms. The van der Waals surface area contributed by atoms with Crippen LogP contribution in [-0.2, 0) is 0 Å². The molecule has 0 radical (unpaired) electrons. The molecule has 92 valence electrons. The largest absolute Gasteiger partial charge is 0.335 e. The van der Waals surface area contributed by atoms with Gasteiger partial charge in [-0.05, 0) is 38.5 Å². The highest BCUT2D eigenvalue weighted by atomic mass is 32.1.